The first-order valence-electron chi connectivity index (χ1n) is 14.6. The van der Waals surface area contributed by atoms with Crippen molar-refractivity contribution in [2.75, 3.05) is 0 Å². The van der Waals surface area contributed by atoms with Crippen LogP contribution in [0.3, 0.4) is 0 Å². The first kappa shape index (κ1) is 23.4. The molecule has 0 radical (unpaired) electrons. The maximum atomic E-state index is 13.7. The molecule has 0 spiro atoms. The highest BCUT2D eigenvalue weighted by Gasteiger charge is 2.19. The van der Waals surface area contributed by atoms with Crippen LogP contribution in [0.2, 0.25) is 0 Å². The number of hydrogen-bond donors (Lipinski definition) is 0. The Morgan fingerprint density at radius 1 is 0.477 bits per heavy atom. The summed E-state index contributed by atoms with van der Waals surface area (Å²) in [4.78, 5) is 18.4. The lowest BCUT2D eigenvalue weighted by Crippen LogP contribution is -2.12. The van der Waals surface area contributed by atoms with E-state index in [4.69, 9.17) is 9.40 Å². The van der Waals surface area contributed by atoms with Crippen molar-refractivity contribution in [3.63, 3.8) is 0 Å². The van der Waals surface area contributed by atoms with E-state index in [0.29, 0.717) is 16.8 Å². The molecule has 0 saturated carbocycles. The van der Waals surface area contributed by atoms with E-state index < -0.39 is 0 Å². The van der Waals surface area contributed by atoms with Crippen LogP contribution < -0.4 is 5.56 Å². The van der Waals surface area contributed by atoms with Crippen LogP contribution in [-0.2, 0) is 0 Å². The summed E-state index contributed by atoms with van der Waals surface area (Å²) >= 11 is 0. The monoisotopic (exact) mass is 566 g/mol. The van der Waals surface area contributed by atoms with Gasteiger partial charge in [0.05, 0.1) is 38.5 Å². The standard InChI is InChI=1S/C38H22N4O2/c43-37-27-14-6-9-17-36(27)44-38-39-30-21-29-26-13-5-8-16-32(26)41(34(29)22-35(30)42(37)38)24-18-19-33-28(20-24)25-12-4-7-15-31(25)40(33)23-10-2-1-3-11-23/h1-22H. The molecule has 6 aromatic carbocycles. The van der Waals surface area contributed by atoms with Crippen molar-refractivity contribution < 1.29 is 4.42 Å². The van der Waals surface area contributed by atoms with Crippen LogP contribution in [0.25, 0.3) is 82.8 Å². The number of hydrogen-bond acceptors (Lipinski definition) is 3. The summed E-state index contributed by atoms with van der Waals surface area (Å²) in [6, 6.07) is 45.6. The molecule has 0 fully saturated rings. The zero-order valence-corrected chi connectivity index (χ0v) is 23.3. The summed E-state index contributed by atoms with van der Waals surface area (Å²) in [6.07, 6.45) is 0. The molecule has 0 atom stereocenters. The predicted octanol–water partition coefficient (Wildman–Crippen LogP) is 8.79. The molecular formula is C38H22N4O2. The molecule has 44 heavy (non-hydrogen) atoms. The molecule has 0 aliphatic heterocycles. The van der Waals surface area contributed by atoms with Crippen LogP contribution in [-0.4, -0.2) is 18.5 Å². The van der Waals surface area contributed by atoms with Crippen LogP contribution in [0, 0.1) is 0 Å². The third-order valence-corrected chi connectivity index (χ3v) is 8.87. The molecule has 10 aromatic rings. The second-order valence-corrected chi connectivity index (χ2v) is 11.2. The van der Waals surface area contributed by atoms with Crippen LogP contribution in [0.1, 0.15) is 0 Å². The largest absolute Gasteiger partial charge is 0.424 e. The molecule has 6 nitrogen and oxygen atoms in total. The quantitative estimate of drug-likeness (QED) is 0.210. The lowest BCUT2D eigenvalue weighted by molar-refractivity contribution is 0.616. The van der Waals surface area contributed by atoms with E-state index >= 15 is 0 Å². The molecule has 0 amide bonds. The summed E-state index contributed by atoms with van der Waals surface area (Å²) < 4.78 is 12.3. The first-order chi connectivity index (χ1) is 21.7. The Balaban J connectivity index is 1.31. The summed E-state index contributed by atoms with van der Waals surface area (Å²) in [5.41, 5.74) is 8.41. The Kier molecular flexibility index (Phi) is 4.50. The van der Waals surface area contributed by atoms with Gasteiger partial charge in [-0.15, -0.1) is 0 Å². The maximum absolute atomic E-state index is 13.7. The highest BCUT2D eigenvalue weighted by Crippen LogP contribution is 2.38. The third-order valence-electron chi connectivity index (χ3n) is 8.87. The third kappa shape index (κ3) is 3.03. The van der Waals surface area contributed by atoms with E-state index in [-0.39, 0.29) is 5.56 Å². The van der Waals surface area contributed by atoms with Crippen molar-refractivity contribution >= 4 is 71.5 Å². The van der Waals surface area contributed by atoms with E-state index in [1.807, 2.05) is 18.2 Å². The molecule has 4 heterocycles. The Morgan fingerprint density at radius 3 is 1.86 bits per heavy atom. The summed E-state index contributed by atoms with van der Waals surface area (Å²) in [7, 11) is 0. The molecule has 0 unspecified atom stereocenters. The van der Waals surface area contributed by atoms with Crippen molar-refractivity contribution in [1.29, 1.82) is 0 Å². The molecule has 0 saturated heterocycles. The lowest BCUT2D eigenvalue weighted by atomic mass is 10.1. The van der Waals surface area contributed by atoms with E-state index in [9.17, 15) is 4.79 Å². The van der Waals surface area contributed by atoms with Crippen LogP contribution in [0.5, 0.6) is 0 Å². The number of aromatic nitrogens is 4. The Bertz CT molecular complexity index is 2850. The number of nitrogens with zero attached hydrogens (tertiary/aromatic N) is 4. The minimum atomic E-state index is -0.137. The van der Waals surface area contributed by atoms with Gasteiger partial charge in [0.15, 0.2) is 0 Å². The van der Waals surface area contributed by atoms with Gasteiger partial charge in [0.1, 0.15) is 5.58 Å². The summed E-state index contributed by atoms with van der Waals surface area (Å²) in [5, 5.41) is 5.09. The second-order valence-electron chi connectivity index (χ2n) is 11.2. The average molecular weight is 567 g/mol. The normalized spacial score (nSPS) is 12.2. The van der Waals surface area contributed by atoms with Crippen molar-refractivity contribution in [3.8, 4) is 11.4 Å². The first-order valence-corrected chi connectivity index (χ1v) is 14.6. The summed E-state index contributed by atoms with van der Waals surface area (Å²) in [6.45, 7) is 0. The SMILES string of the molecule is O=c1c2ccccc2oc2nc3cc4c5ccccc5n(-c5ccc6c(c5)c5ccccc5n6-c5ccccc5)c4cc3n12. The zero-order chi connectivity index (χ0) is 28.9. The van der Waals surface area contributed by atoms with Crippen molar-refractivity contribution in [2.24, 2.45) is 0 Å². The molecule has 10 rings (SSSR count). The molecule has 206 valence electrons. The van der Waals surface area contributed by atoms with Gasteiger partial charge >= 0.3 is 5.84 Å². The van der Waals surface area contributed by atoms with Gasteiger partial charge in [-0.05, 0) is 66.7 Å². The van der Waals surface area contributed by atoms with Gasteiger partial charge in [0.25, 0.3) is 5.56 Å². The molecule has 0 bridgehead atoms. The van der Waals surface area contributed by atoms with E-state index in [1.165, 1.54) is 16.3 Å². The van der Waals surface area contributed by atoms with Crippen molar-refractivity contribution in [3.05, 3.63) is 144 Å². The topological polar surface area (TPSA) is 57.4 Å². The van der Waals surface area contributed by atoms with E-state index in [1.54, 1.807) is 16.5 Å². The van der Waals surface area contributed by atoms with Gasteiger partial charge in [-0.3, -0.25) is 4.79 Å². The van der Waals surface area contributed by atoms with Gasteiger partial charge in [-0.2, -0.15) is 4.98 Å². The van der Waals surface area contributed by atoms with Crippen LogP contribution in [0.4, 0.5) is 0 Å². The number of fused-ring (bicyclic) bond motifs is 10. The Labute approximate surface area is 249 Å². The maximum Gasteiger partial charge on any atom is 0.310 e. The van der Waals surface area contributed by atoms with Crippen molar-refractivity contribution in [2.45, 2.75) is 0 Å². The minimum Gasteiger partial charge on any atom is -0.424 e. The Hall–Kier alpha value is -6.14. The fraction of sp³-hybridized carbons (Fsp3) is 0. The Morgan fingerprint density at radius 2 is 1.09 bits per heavy atom. The van der Waals surface area contributed by atoms with Gasteiger partial charge in [-0.25, -0.2) is 4.40 Å². The zero-order valence-electron chi connectivity index (χ0n) is 23.3. The van der Waals surface area contributed by atoms with Crippen LogP contribution in [0.15, 0.2) is 143 Å². The van der Waals surface area contributed by atoms with Gasteiger partial charge in [0.2, 0.25) is 0 Å². The average Bonchev–Trinajstić information content (AvgIpc) is 3.71. The fourth-order valence-electron chi connectivity index (χ4n) is 6.97. The van der Waals surface area contributed by atoms with E-state index in [0.717, 1.165) is 49.7 Å². The molecule has 0 aliphatic rings. The van der Waals surface area contributed by atoms with Crippen LogP contribution >= 0.6 is 0 Å². The molecule has 0 N–H and O–H groups in total. The predicted molar refractivity (Wildman–Crippen MR) is 177 cm³/mol. The number of benzene rings is 6. The minimum absolute atomic E-state index is 0.137. The highest BCUT2D eigenvalue weighted by atomic mass is 16.4. The van der Waals surface area contributed by atoms with Gasteiger partial charge in [-0.1, -0.05) is 66.7 Å². The van der Waals surface area contributed by atoms with Gasteiger partial charge in [0, 0.05) is 32.9 Å². The molecule has 6 heteroatoms. The lowest BCUT2D eigenvalue weighted by Gasteiger charge is -2.10. The van der Waals surface area contributed by atoms with Gasteiger partial charge < -0.3 is 13.6 Å². The molecule has 4 aromatic heterocycles. The van der Waals surface area contributed by atoms with Crippen molar-refractivity contribution in [1.82, 2.24) is 18.5 Å². The number of para-hydroxylation sites is 4. The molecular weight excluding hydrogens is 544 g/mol. The smallest absolute Gasteiger partial charge is 0.310 e. The fourth-order valence-corrected chi connectivity index (χ4v) is 6.97. The number of imidazole rings is 1. The second kappa shape index (κ2) is 8.46. The van der Waals surface area contributed by atoms with E-state index in [2.05, 4.69) is 112 Å². The molecule has 0 aliphatic carbocycles. The number of rotatable bonds is 2. The highest BCUT2D eigenvalue weighted by molar-refractivity contribution is 6.14. The summed E-state index contributed by atoms with van der Waals surface area (Å²) in [5.74, 6) is 0.294.